The Morgan fingerprint density at radius 1 is 1.17 bits per heavy atom. The molecule has 8 heteroatoms. The smallest absolute Gasteiger partial charge is 0.416 e. The Hall–Kier alpha value is -3.16. The summed E-state index contributed by atoms with van der Waals surface area (Å²) in [6, 6.07) is 13.0. The number of alkyl halides is 3. The first-order chi connectivity index (χ1) is 13.8. The van der Waals surface area contributed by atoms with E-state index < -0.39 is 30.2 Å². The van der Waals surface area contributed by atoms with Gasteiger partial charge in [0.05, 0.1) is 23.4 Å². The molecular weight excluding hydrogens is 385 g/mol. The third-order valence-electron chi connectivity index (χ3n) is 4.53. The van der Waals surface area contributed by atoms with Crippen molar-refractivity contribution in [2.24, 2.45) is 16.9 Å². The van der Waals surface area contributed by atoms with E-state index >= 15 is 0 Å². The van der Waals surface area contributed by atoms with Gasteiger partial charge in [-0.3, -0.25) is 9.59 Å². The molecule has 0 bridgehead atoms. The summed E-state index contributed by atoms with van der Waals surface area (Å²) < 4.78 is 44.2. The van der Waals surface area contributed by atoms with Crippen molar-refractivity contribution in [3.05, 3.63) is 65.7 Å². The van der Waals surface area contributed by atoms with Crippen LogP contribution in [-0.4, -0.2) is 24.7 Å². The number of esters is 1. The quantitative estimate of drug-likeness (QED) is 0.410. The van der Waals surface area contributed by atoms with E-state index in [9.17, 15) is 22.8 Å². The molecule has 0 N–H and O–H groups in total. The summed E-state index contributed by atoms with van der Waals surface area (Å²) in [4.78, 5) is 24.5. The zero-order chi connectivity index (χ0) is 21.0. The number of hydrogen-bond acceptors (Lipinski definition) is 4. The number of anilines is 1. The SMILES string of the molecule is CC1CC1C(=O)OCC(=O)N(/N=C/c1ccccc1)c1cccc(C(F)(F)F)c1. The average molecular weight is 404 g/mol. The van der Waals surface area contributed by atoms with Crippen molar-refractivity contribution >= 4 is 23.8 Å². The minimum atomic E-state index is -4.57. The molecular formula is C21H19F3N2O3. The molecule has 0 aliphatic heterocycles. The molecule has 2 aromatic carbocycles. The molecule has 1 aliphatic rings. The summed E-state index contributed by atoms with van der Waals surface area (Å²) in [5.74, 6) is -1.24. The van der Waals surface area contributed by atoms with Gasteiger partial charge in [-0.05, 0) is 36.1 Å². The summed E-state index contributed by atoms with van der Waals surface area (Å²) in [7, 11) is 0. The van der Waals surface area contributed by atoms with E-state index in [1.165, 1.54) is 18.3 Å². The fourth-order valence-electron chi connectivity index (χ4n) is 2.70. The summed E-state index contributed by atoms with van der Waals surface area (Å²) >= 11 is 0. The first-order valence-electron chi connectivity index (χ1n) is 9.01. The normalized spacial score (nSPS) is 18.5. The van der Waals surface area contributed by atoms with Crippen molar-refractivity contribution in [1.82, 2.24) is 0 Å². The second-order valence-electron chi connectivity index (χ2n) is 6.84. The molecule has 1 fully saturated rings. The van der Waals surface area contributed by atoms with E-state index in [1.54, 1.807) is 30.3 Å². The van der Waals surface area contributed by atoms with Gasteiger partial charge in [0.2, 0.25) is 0 Å². The van der Waals surface area contributed by atoms with Crippen LogP contribution in [0.2, 0.25) is 0 Å². The molecule has 0 heterocycles. The third kappa shape index (κ3) is 5.43. The molecule has 1 amide bonds. The number of carbonyl (C=O) groups is 2. The van der Waals surface area contributed by atoms with Crippen LogP contribution in [0.15, 0.2) is 59.7 Å². The first kappa shape index (κ1) is 20.6. The maximum atomic E-state index is 13.1. The molecule has 2 atom stereocenters. The van der Waals surface area contributed by atoms with Crippen LogP contribution in [0.1, 0.15) is 24.5 Å². The van der Waals surface area contributed by atoms with Gasteiger partial charge in [0, 0.05) is 0 Å². The van der Waals surface area contributed by atoms with Crippen LogP contribution in [0, 0.1) is 11.8 Å². The highest BCUT2D eigenvalue weighted by Crippen LogP contribution is 2.38. The second kappa shape index (κ2) is 8.46. The summed E-state index contributed by atoms with van der Waals surface area (Å²) in [6.07, 6.45) is -2.51. The molecule has 3 rings (SSSR count). The van der Waals surface area contributed by atoms with E-state index in [0.717, 1.165) is 17.1 Å². The standard InChI is InChI=1S/C21H19F3N2O3/c1-14-10-18(14)20(28)29-13-19(27)26(25-12-15-6-3-2-4-7-15)17-9-5-8-16(11-17)21(22,23)24/h2-9,11-12,14,18H,10,13H2,1H3/b25-12+. The van der Waals surface area contributed by atoms with Gasteiger partial charge in [0.1, 0.15) is 0 Å². The third-order valence-corrected chi connectivity index (χ3v) is 4.53. The highest BCUT2D eigenvalue weighted by Gasteiger charge is 2.41. The van der Waals surface area contributed by atoms with Gasteiger partial charge in [0.25, 0.3) is 5.91 Å². The fraction of sp³-hybridized carbons (Fsp3) is 0.286. The number of nitrogens with zero attached hydrogens (tertiary/aromatic N) is 2. The number of benzene rings is 2. The van der Waals surface area contributed by atoms with E-state index in [1.807, 2.05) is 6.92 Å². The predicted octanol–water partition coefficient (Wildman–Crippen LogP) is 4.27. The topological polar surface area (TPSA) is 59.0 Å². The van der Waals surface area contributed by atoms with Crippen molar-refractivity contribution in [2.75, 3.05) is 11.6 Å². The Morgan fingerprint density at radius 2 is 1.86 bits per heavy atom. The Balaban J connectivity index is 1.82. The van der Waals surface area contributed by atoms with Gasteiger partial charge in [0.15, 0.2) is 6.61 Å². The van der Waals surface area contributed by atoms with Crippen molar-refractivity contribution in [2.45, 2.75) is 19.5 Å². The van der Waals surface area contributed by atoms with Crippen LogP contribution >= 0.6 is 0 Å². The molecule has 0 spiro atoms. The largest absolute Gasteiger partial charge is 0.455 e. The van der Waals surface area contributed by atoms with Crippen LogP contribution in [0.3, 0.4) is 0 Å². The molecule has 29 heavy (non-hydrogen) atoms. The fourth-order valence-corrected chi connectivity index (χ4v) is 2.70. The van der Waals surface area contributed by atoms with Gasteiger partial charge in [-0.25, -0.2) is 0 Å². The molecule has 0 saturated heterocycles. The van der Waals surface area contributed by atoms with Crippen molar-refractivity contribution in [1.29, 1.82) is 0 Å². The minimum absolute atomic E-state index is 0.0761. The van der Waals surface area contributed by atoms with Crippen molar-refractivity contribution in [3.8, 4) is 0 Å². The Bertz CT molecular complexity index is 913. The van der Waals surface area contributed by atoms with E-state index in [2.05, 4.69) is 5.10 Å². The average Bonchev–Trinajstić information content (AvgIpc) is 3.43. The molecule has 2 aromatic rings. The van der Waals surface area contributed by atoms with E-state index in [0.29, 0.717) is 12.0 Å². The van der Waals surface area contributed by atoms with Crippen LogP contribution < -0.4 is 5.01 Å². The Kier molecular flexibility index (Phi) is 6.00. The van der Waals surface area contributed by atoms with Crippen LogP contribution in [0.25, 0.3) is 0 Å². The molecule has 1 saturated carbocycles. The van der Waals surface area contributed by atoms with E-state index in [-0.39, 0.29) is 17.5 Å². The van der Waals surface area contributed by atoms with Gasteiger partial charge in [-0.2, -0.15) is 23.3 Å². The molecule has 0 radical (unpaired) electrons. The summed E-state index contributed by atoms with van der Waals surface area (Å²) in [5.41, 5.74) is -0.333. The zero-order valence-electron chi connectivity index (χ0n) is 15.6. The summed E-state index contributed by atoms with van der Waals surface area (Å²) in [5, 5.41) is 4.85. The number of hydrazone groups is 1. The van der Waals surface area contributed by atoms with Crippen LogP contribution in [-0.2, 0) is 20.5 Å². The van der Waals surface area contributed by atoms with Gasteiger partial charge in [-0.1, -0.05) is 43.3 Å². The lowest BCUT2D eigenvalue weighted by molar-refractivity contribution is -0.149. The predicted molar refractivity (Wildman–Crippen MR) is 101 cm³/mol. The number of carbonyl (C=O) groups excluding carboxylic acids is 2. The molecule has 1 aliphatic carbocycles. The lowest BCUT2D eigenvalue weighted by Crippen LogP contribution is -2.31. The number of ether oxygens (including phenoxy) is 1. The highest BCUT2D eigenvalue weighted by molar-refractivity contribution is 5.97. The zero-order valence-corrected chi connectivity index (χ0v) is 15.6. The van der Waals surface area contributed by atoms with Crippen LogP contribution in [0.4, 0.5) is 18.9 Å². The maximum absolute atomic E-state index is 13.1. The lowest BCUT2D eigenvalue weighted by atomic mass is 10.2. The highest BCUT2D eigenvalue weighted by atomic mass is 19.4. The number of amides is 1. The Labute approximate surface area is 165 Å². The van der Waals surface area contributed by atoms with Crippen LogP contribution in [0.5, 0.6) is 0 Å². The monoisotopic (exact) mass is 404 g/mol. The number of halogens is 3. The van der Waals surface area contributed by atoms with Gasteiger partial charge >= 0.3 is 12.1 Å². The number of hydrogen-bond donors (Lipinski definition) is 0. The second-order valence-corrected chi connectivity index (χ2v) is 6.84. The molecule has 0 aromatic heterocycles. The lowest BCUT2D eigenvalue weighted by Gasteiger charge is -2.18. The minimum Gasteiger partial charge on any atom is -0.455 e. The molecule has 5 nitrogen and oxygen atoms in total. The molecule has 2 unspecified atom stereocenters. The van der Waals surface area contributed by atoms with Crippen molar-refractivity contribution in [3.63, 3.8) is 0 Å². The Morgan fingerprint density at radius 3 is 2.48 bits per heavy atom. The maximum Gasteiger partial charge on any atom is 0.416 e. The van der Waals surface area contributed by atoms with Crippen molar-refractivity contribution < 1.29 is 27.5 Å². The number of rotatable bonds is 6. The van der Waals surface area contributed by atoms with Gasteiger partial charge in [-0.15, -0.1) is 0 Å². The first-order valence-corrected chi connectivity index (χ1v) is 9.01. The molecule has 152 valence electrons. The van der Waals surface area contributed by atoms with Gasteiger partial charge < -0.3 is 4.74 Å². The van der Waals surface area contributed by atoms with E-state index in [4.69, 9.17) is 4.74 Å². The summed E-state index contributed by atoms with van der Waals surface area (Å²) in [6.45, 7) is 1.29.